The van der Waals surface area contributed by atoms with Gasteiger partial charge in [-0.1, -0.05) is 13.3 Å². The molecule has 2 rings (SSSR count). The lowest BCUT2D eigenvalue weighted by Gasteiger charge is -2.37. The van der Waals surface area contributed by atoms with Crippen molar-refractivity contribution >= 4 is 15.9 Å². The van der Waals surface area contributed by atoms with E-state index in [1.54, 1.807) is 6.20 Å². The first-order valence-electron chi connectivity index (χ1n) is 6.93. The third kappa shape index (κ3) is 2.50. The third-order valence-corrected chi connectivity index (χ3v) is 4.77. The van der Waals surface area contributed by atoms with Gasteiger partial charge in [-0.15, -0.1) is 0 Å². The summed E-state index contributed by atoms with van der Waals surface area (Å²) in [6, 6.07) is 0.277. The molecule has 0 bridgehead atoms. The highest BCUT2D eigenvalue weighted by Gasteiger charge is 2.38. The van der Waals surface area contributed by atoms with E-state index in [0.29, 0.717) is 0 Å². The zero-order chi connectivity index (χ0) is 13.3. The molecule has 0 amide bonds. The number of aromatic nitrogens is 2. The maximum absolute atomic E-state index is 11.0. The van der Waals surface area contributed by atoms with E-state index in [4.69, 9.17) is 0 Å². The van der Waals surface area contributed by atoms with Crippen LogP contribution in [-0.4, -0.2) is 14.9 Å². The van der Waals surface area contributed by atoms with Crippen LogP contribution < -0.4 is 0 Å². The second kappa shape index (κ2) is 5.33. The number of rotatable bonds is 3. The molecule has 0 spiro atoms. The Bertz CT molecular complexity index is 406. The number of hydrogen-bond acceptors (Lipinski definition) is 2. The summed E-state index contributed by atoms with van der Waals surface area (Å²) in [5, 5.41) is 15.3. The van der Waals surface area contributed by atoms with Crippen LogP contribution in [0.4, 0.5) is 0 Å². The number of halogens is 1. The van der Waals surface area contributed by atoms with Gasteiger partial charge in [0.15, 0.2) is 0 Å². The zero-order valence-electron chi connectivity index (χ0n) is 11.5. The summed E-state index contributed by atoms with van der Waals surface area (Å²) in [7, 11) is 0. The van der Waals surface area contributed by atoms with Gasteiger partial charge in [0.2, 0.25) is 0 Å². The van der Waals surface area contributed by atoms with E-state index in [1.807, 2.05) is 4.68 Å². The third-order valence-electron chi connectivity index (χ3n) is 4.19. The molecule has 18 heavy (non-hydrogen) atoms. The normalized spacial score (nSPS) is 28.9. The van der Waals surface area contributed by atoms with E-state index in [2.05, 4.69) is 41.8 Å². The molecule has 0 aliphatic heterocycles. The first-order chi connectivity index (χ1) is 8.48. The highest BCUT2D eigenvalue weighted by molar-refractivity contribution is 9.10. The molecule has 3 nitrogen and oxygen atoms in total. The van der Waals surface area contributed by atoms with Gasteiger partial charge in [0.1, 0.15) is 5.60 Å². The maximum Gasteiger partial charge on any atom is 0.107 e. The zero-order valence-corrected chi connectivity index (χ0v) is 13.1. The van der Waals surface area contributed by atoms with Crippen molar-refractivity contribution in [3.05, 3.63) is 16.4 Å². The number of aliphatic hydroxyl groups is 1. The Kier molecular flexibility index (Phi) is 4.17. The number of hydrogen-bond donors (Lipinski definition) is 1. The van der Waals surface area contributed by atoms with E-state index < -0.39 is 5.60 Å². The Hall–Kier alpha value is -0.350. The van der Waals surface area contributed by atoms with Gasteiger partial charge >= 0.3 is 0 Å². The Morgan fingerprint density at radius 2 is 2.11 bits per heavy atom. The second-order valence-corrected chi connectivity index (χ2v) is 6.62. The Balaban J connectivity index is 2.28. The van der Waals surface area contributed by atoms with Crippen LogP contribution in [0.3, 0.4) is 0 Å². The lowest BCUT2D eigenvalue weighted by Crippen LogP contribution is -2.34. The molecule has 102 valence electrons. The van der Waals surface area contributed by atoms with Crippen LogP contribution in [-0.2, 0) is 5.60 Å². The summed E-state index contributed by atoms with van der Waals surface area (Å²) in [6.07, 6.45) is 6.95. The Morgan fingerprint density at radius 1 is 1.50 bits per heavy atom. The second-order valence-electron chi connectivity index (χ2n) is 5.76. The summed E-state index contributed by atoms with van der Waals surface area (Å²) in [6.45, 7) is 6.44. The smallest absolute Gasteiger partial charge is 0.107 e. The van der Waals surface area contributed by atoms with Crippen LogP contribution in [0.25, 0.3) is 0 Å². The highest BCUT2D eigenvalue weighted by atomic mass is 79.9. The van der Waals surface area contributed by atoms with Crippen LogP contribution in [0.5, 0.6) is 0 Å². The van der Waals surface area contributed by atoms with Gasteiger partial charge in [-0.3, -0.25) is 4.68 Å². The van der Waals surface area contributed by atoms with Gasteiger partial charge in [0.05, 0.1) is 16.4 Å². The highest BCUT2D eigenvalue weighted by Crippen LogP contribution is 2.43. The van der Waals surface area contributed by atoms with Gasteiger partial charge in [-0.05, 0) is 61.4 Å². The van der Waals surface area contributed by atoms with Crippen LogP contribution >= 0.6 is 15.9 Å². The molecule has 1 fully saturated rings. The molecule has 1 N–H and O–H groups in total. The molecule has 0 saturated heterocycles. The van der Waals surface area contributed by atoms with E-state index in [0.717, 1.165) is 41.8 Å². The molecule has 0 radical (unpaired) electrons. The SMILES string of the molecule is CCC1CCC(O)(c2c(Br)cnn2C(C)C)CC1. The monoisotopic (exact) mass is 314 g/mol. The quantitative estimate of drug-likeness (QED) is 0.915. The average molecular weight is 315 g/mol. The van der Waals surface area contributed by atoms with Crippen molar-refractivity contribution in [1.82, 2.24) is 9.78 Å². The fraction of sp³-hybridized carbons (Fsp3) is 0.786. The molecule has 1 aliphatic carbocycles. The van der Waals surface area contributed by atoms with Crippen LogP contribution in [0.15, 0.2) is 10.7 Å². The largest absolute Gasteiger partial charge is 0.384 e. The molecule has 1 heterocycles. The summed E-state index contributed by atoms with van der Waals surface area (Å²) < 4.78 is 2.89. The molecular formula is C14H23BrN2O. The molecule has 1 aromatic rings. The van der Waals surface area contributed by atoms with Gasteiger partial charge in [-0.25, -0.2) is 0 Å². The first kappa shape index (κ1) is 14.1. The minimum absolute atomic E-state index is 0.277. The lowest BCUT2D eigenvalue weighted by atomic mass is 9.76. The Labute approximate surface area is 118 Å². The molecular weight excluding hydrogens is 292 g/mol. The van der Waals surface area contributed by atoms with Crippen LogP contribution in [0.2, 0.25) is 0 Å². The van der Waals surface area contributed by atoms with Crippen molar-refractivity contribution in [2.24, 2.45) is 5.92 Å². The predicted octanol–water partition coefficient (Wildman–Crippen LogP) is 4.01. The minimum atomic E-state index is -0.703. The molecule has 0 aromatic carbocycles. The predicted molar refractivity (Wildman–Crippen MR) is 76.5 cm³/mol. The fourth-order valence-corrected chi connectivity index (χ4v) is 3.61. The topological polar surface area (TPSA) is 38.1 Å². The van der Waals surface area contributed by atoms with Gasteiger partial charge in [0.25, 0.3) is 0 Å². The van der Waals surface area contributed by atoms with E-state index >= 15 is 0 Å². The first-order valence-corrected chi connectivity index (χ1v) is 7.73. The average Bonchev–Trinajstić information content (AvgIpc) is 2.73. The van der Waals surface area contributed by atoms with Crippen molar-refractivity contribution in [3.8, 4) is 0 Å². The molecule has 0 unspecified atom stereocenters. The van der Waals surface area contributed by atoms with Crippen molar-refractivity contribution in [3.63, 3.8) is 0 Å². The van der Waals surface area contributed by atoms with Crippen LogP contribution in [0, 0.1) is 5.92 Å². The number of nitrogens with zero attached hydrogens (tertiary/aromatic N) is 2. The van der Waals surface area contributed by atoms with Gasteiger partial charge in [-0.2, -0.15) is 5.10 Å². The van der Waals surface area contributed by atoms with Gasteiger partial charge < -0.3 is 5.11 Å². The van der Waals surface area contributed by atoms with Crippen molar-refractivity contribution in [2.75, 3.05) is 0 Å². The molecule has 1 aliphatic rings. The minimum Gasteiger partial charge on any atom is -0.384 e. The Morgan fingerprint density at radius 3 is 2.61 bits per heavy atom. The van der Waals surface area contributed by atoms with E-state index in [9.17, 15) is 5.11 Å². The van der Waals surface area contributed by atoms with Gasteiger partial charge in [0, 0.05) is 6.04 Å². The molecule has 1 aromatic heterocycles. The van der Waals surface area contributed by atoms with E-state index in [1.165, 1.54) is 6.42 Å². The van der Waals surface area contributed by atoms with Crippen molar-refractivity contribution in [2.45, 2.75) is 64.5 Å². The summed E-state index contributed by atoms with van der Waals surface area (Å²) >= 11 is 3.55. The molecule has 1 saturated carbocycles. The summed E-state index contributed by atoms with van der Waals surface area (Å²) in [5.41, 5.74) is 0.262. The van der Waals surface area contributed by atoms with Crippen molar-refractivity contribution in [1.29, 1.82) is 0 Å². The summed E-state index contributed by atoms with van der Waals surface area (Å²) in [5.74, 6) is 0.777. The summed E-state index contributed by atoms with van der Waals surface area (Å²) in [4.78, 5) is 0. The lowest BCUT2D eigenvalue weighted by molar-refractivity contribution is -0.0235. The standard InChI is InChI=1S/C14H23BrN2O/c1-4-11-5-7-14(18,8-6-11)13-12(15)9-16-17(13)10(2)3/h9-11,18H,4-8H2,1-3H3. The maximum atomic E-state index is 11.0. The fourth-order valence-electron chi connectivity index (χ4n) is 2.97. The van der Waals surface area contributed by atoms with Crippen LogP contribution in [0.1, 0.15) is 64.6 Å². The molecule has 4 heteroatoms. The van der Waals surface area contributed by atoms with Crippen molar-refractivity contribution < 1.29 is 5.11 Å². The molecule has 0 atom stereocenters. The van der Waals surface area contributed by atoms with E-state index in [-0.39, 0.29) is 6.04 Å².